The molecule has 5 atom stereocenters. The van der Waals surface area contributed by atoms with Crippen molar-refractivity contribution in [3.05, 3.63) is 40.6 Å². The predicted molar refractivity (Wildman–Crippen MR) is 109 cm³/mol. The Labute approximate surface area is 184 Å². The second-order valence-corrected chi connectivity index (χ2v) is 7.44. The highest BCUT2D eigenvalue weighted by molar-refractivity contribution is 5.89. The first-order chi connectivity index (χ1) is 15.6. The number of hydrogen-bond donors (Lipinski definition) is 8. The maximum atomic E-state index is 12.6. The Kier molecular flexibility index (Phi) is 5.78. The van der Waals surface area contributed by atoms with Crippen LogP contribution in [0, 0.1) is 0 Å². The maximum absolute atomic E-state index is 12.6. The summed E-state index contributed by atoms with van der Waals surface area (Å²) in [6, 6.07) is 5.72. The van der Waals surface area contributed by atoms with E-state index in [1.54, 1.807) is 0 Å². The van der Waals surface area contributed by atoms with E-state index >= 15 is 0 Å². The van der Waals surface area contributed by atoms with Crippen LogP contribution in [0.5, 0.6) is 28.7 Å². The van der Waals surface area contributed by atoms with Gasteiger partial charge in [0.05, 0.1) is 6.61 Å². The molecule has 1 unspecified atom stereocenters. The van der Waals surface area contributed by atoms with E-state index in [-0.39, 0.29) is 28.0 Å². The van der Waals surface area contributed by atoms with Gasteiger partial charge in [0.1, 0.15) is 41.1 Å². The first-order valence-corrected chi connectivity index (χ1v) is 9.64. The normalized spacial score (nSPS) is 25.3. The molecule has 0 amide bonds. The van der Waals surface area contributed by atoms with Crippen LogP contribution in [0.25, 0.3) is 22.3 Å². The fraction of sp³-hybridized carbons (Fsp3) is 0.286. The van der Waals surface area contributed by atoms with Gasteiger partial charge in [-0.15, -0.1) is 0 Å². The molecule has 4 rings (SSSR count). The number of rotatable bonds is 4. The van der Waals surface area contributed by atoms with E-state index in [0.29, 0.717) is 0 Å². The highest BCUT2D eigenvalue weighted by Gasteiger charge is 2.45. The maximum Gasteiger partial charge on any atom is 0.229 e. The number of benzene rings is 2. The average molecular weight is 464 g/mol. The van der Waals surface area contributed by atoms with Gasteiger partial charge in [-0.25, -0.2) is 0 Å². The molecular formula is C21H20O12. The molecule has 0 radical (unpaired) electrons. The summed E-state index contributed by atoms with van der Waals surface area (Å²) in [5.41, 5.74) is -0.778. The minimum absolute atomic E-state index is 0.0494. The van der Waals surface area contributed by atoms with Gasteiger partial charge in [0, 0.05) is 17.7 Å². The highest BCUT2D eigenvalue weighted by Crippen LogP contribution is 2.43. The molecule has 1 fully saturated rings. The van der Waals surface area contributed by atoms with Crippen molar-refractivity contribution in [1.29, 1.82) is 0 Å². The molecule has 176 valence electrons. The number of phenolic OH excluding ortho intramolecular Hbond substituents is 4. The molecule has 8 N–H and O–H groups in total. The monoisotopic (exact) mass is 464 g/mol. The zero-order valence-corrected chi connectivity index (χ0v) is 16.7. The fourth-order valence-electron chi connectivity index (χ4n) is 3.47. The number of aromatic hydroxyl groups is 4. The van der Waals surface area contributed by atoms with E-state index in [1.165, 1.54) is 12.1 Å². The van der Waals surface area contributed by atoms with Gasteiger partial charge >= 0.3 is 0 Å². The van der Waals surface area contributed by atoms with E-state index < -0.39 is 65.7 Å². The van der Waals surface area contributed by atoms with Gasteiger partial charge in [-0.3, -0.25) is 4.79 Å². The molecule has 0 saturated carbocycles. The van der Waals surface area contributed by atoms with Crippen LogP contribution in [-0.2, 0) is 4.74 Å². The fourth-order valence-corrected chi connectivity index (χ4v) is 3.47. The molecule has 0 bridgehead atoms. The first-order valence-electron chi connectivity index (χ1n) is 9.64. The number of aliphatic hydroxyl groups excluding tert-OH is 4. The number of phenols is 4. The van der Waals surface area contributed by atoms with Gasteiger partial charge in [-0.1, -0.05) is 0 Å². The molecule has 1 aliphatic heterocycles. The molecule has 33 heavy (non-hydrogen) atoms. The Balaban J connectivity index is 1.77. The molecule has 1 saturated heterocycles. The van der Waals surface area contributed by atoms with Crippen molar-refractivity contribution in [2.24, 2.45) is 0 Å². The van der Waals surface area contributed by atoms with Crippen molar-refractivity contribution in [3.8, 4) is 40.1 Å². The SMILES string of the molecule is O=c1cc(-c2ccc(O)c(O)c2)oc2cc(O[C@@H]3OC(CO)[C@@H](O)[C@H](O)[C@H]3O)c(O)c(O)c12. The Morgan fingerprint density at radius 3 is 2.27 bits per heavy atom. The highest BCUT2D eigenvalue weighted by atomic mass is 16.7. The van der Waals surface area contributed by atoms with Crippen molar-refractivity contribution >= 4 is 11.0 Å². The molecule has 0 spiro atoms. The summed E-state index contributed by atoms with van der Waals surface area (Å²) in [4.78, 5) is 12.6. The molecule has 2 aromatic carbocycles. The van der Waals surface area contributed by atoms with E-state index in [4.69, 9.17) is 13.9 Å². The number of hydrogen-bond acceptors (Lipinski definition) is 12. The predicted octanol–water partition coefficient (Wildman–Crippen LogP) is -0.539. The van der Waals surface area contributed by atoms with Crippen molar-refractivity contribution in [3.63, 3.8) is 0 Å². The van der Waals surface area contributed by atoms with Gasteiger partial charge in [-0.2, -0.15) is 0 Å². The second kappa shape index (κ2) is 8.42. The van der Waals surface area contributed by atoms with Crippen LogP contribution < -0.4 is 10.2 Å². The van der Waals surface area contributed by atoms with E-state index in [9.17, 15) is 45.6 Å². The standard InChI is InChI=1S/C21H20O12/c22-6-14-17(27)19(29)20(30)21(33-14)32-13-5-12-15(18(28)16(13)26)10(25)4-11(31-12)7-1-2-8(23)9(24)3-7/h1-5,14,17,19-24,26-30H,6H2/t14?,17-,19+,20-,21-/m1/s1. The lowest BCUT2D eigenvalue weighted by Crippen LogP contribution is -2.60. The van der Waals surface area contributed by atoms with Crippen LogP contribution in [0.4, 0.5) is 0 Å². The molecule has 3 aromatic rings. The zero-order chi connectivity index (χ0) is 24.0. The molecule has 12 nitrogen and oxygen atoms in total. The Morgan fingerprint density at radius 2 is 1.61 bits per heavy atom. The smallest absolute Gasteiger partial charge is 0.229 e. The first kappa shape index (κ1) is 22.6. The Bertz CT molecular complexity index is 1250. The summed E-state index contributed by atoms with van der Waals surface area (Å²) in [6.45, 7) is -0.711. The topological polar surface area (TPSA) is 211 Å². The van der Waals surface area contributed by atoms with Crippen molar-refractivity contribution in [2.45, 2.75) is 30.7 Å². The molecule has 1 aromatic heterocycles. The van der Waals surface area contributed by atoms with Crippen LogP contribution in [0.3, 0.4) is 0 Å². The number of fused-ring (bicyclic) bond motifs is 1. The molecule has 12 heteroatoms. The lowest BCUT2D eigenvalue weighted by molar-refractivity contribution is -0.277. The van der Waals surface area contributed by atoms with Crippen molar-refractivity contribution in [1.82, 2.24) is 0 Å². The third-order valence-corrected chi connectivity index (χ3v) is 5.28. The van der Waals surface area contributed by atoms with Gasteiger partial charge in [0.2, 0.25) is 12.0 Å². The van der Waals surface area contributed by atoms with E-state index in [0.717, 1.165) is 18.2 Å². The summed E-state index contributed by atoms with van der Waals surface area (Å²) in [5, 5.41) is 78.6. The quantitative estimate of drug-likeness (QED) is 0.229. The van der Waals surface area contributed by atoms with Gasteiger partial charge in [0.25, 0.3) is 0 Å². The lowest BCUT2D eigenvalue weighted by atomic mass is 9.99. The van der Waals surface area contributed by atoms with Crippen LogP contribution >= 0.6 is 0 Å². The molecule has 2 heterocycles. The zero-order valence-electron chi connectivity index (χ0n) is 16.7. The van der Waals surface area contributed by atoms with Crippen LogP contribution in [0.15, 0.2) is 39.5 Å². The number of ether oxygens (including phenoxy) is 2. The van der Waals surface area contributed by atoms with Gasteiger partial charge in [-0.05, 0) is 18.2 Å². The molecule has 1 aliphatic rings. The summed E-state index contributed by atoms with van der Waals surface area (Å²) in [6.07, 6.45) is -8.13. The summed E-state index contributed by atoms with van der Waals surface area (Å²) >= 11 is 0. The molecule has 0 aliphatic carbocycles. The van der Waals surface area contributed by atoms with Crippen molar-refractivity contribution in [2.75, 3.05) is 6.61 Å². The van der Waals surface area contributed by atoms with E-state index in [2.05, 4.69) is 0 Å². The molecular weight excluding hydrogens is 444 g/mol. The summed E-state index contributed by atoms with van der Waals surface area (Å²) in [7, 11) is 0. The summed E-state index contributed by atoms with van der Waals surface area (Å²) < 4.78 is 16.2. The Morgan fingerprint density at radius 1 is 0.879 bits per heavy atom. The lowest BCUT2D eigenvalue weighted by Gasteiger charge is -2.39. The van der Waals surface area contributed by atoms with Crippen LogP contribution in [-0.4, -0.2) is 78.2 Å². The largest absolute Gasteiger partial charge is 0.504 e. The minimum Gasteiger partial charge on any atom is -0.504 e. The number of aliphatic hydroxyl groups is 4. The van der Waals surface area contributed by atoms with Crippen molar-refractivity contribution < 1.29 is 54.7 Å². The third-order valence-electron chi connectivity index (χ3n) is 5.28. The Hall–Kier alpha value is -3.55. The third kappa shape index (κ3) is 3.90. The second-order valence-electron chi connectivity index (χ2n) is 7.44. The summed E-state index contributed by atoms with van der Waals surface area (Å²) in [5.74, 6) is -3.18. The van der Waals surface area contributed by atoms with Crippen LogP contribution in [0.2, 0.25) is 0 Å². The average Bonchev–Trinajstić information content (AvgIpc) is 2.78. The van der Waals surface area contributed by atoms with Crippen LogP contribution in [0.1, 0.15) is 0 Å². The van der Waals surface area contributed by atoms with Gasteiger partial charge < -0.3 is 54.7 Å². The minimum atomic E-state index is -1.79. The van der Waals surface area contributed by atoms with E-state index in [1.807, 2.05) is 0 Å². The van der Waals surface area contributed by atoms with Gasteiger partial charge in [0.15, 0.2) is 28.4 Å².